The molecule has 2 rings (SSSR count). The van der Waals surface area contributed by atoms with Crippen LogP contribution >= 0.6 is 0 Å². The number of carbonyl (C=O) groups excluding carboxylic acids is 2. The zero-order valence-electron chi connectivity index (χ0n) is 13.1. The summed E-state index contributed by atoms with van der Waals surface area (Å²) in [5.41, 5.74) is 4.53. The largest absolute Gasteiger partial charge is 0.444 e. The van der Waals surface area contributed by atoms with Crippen molar-refractivity contribution < 1.29 is 19.1 Å². The first kappa shape index (κ1) is 15.9. The normalized spacial score (nSPS) is 21.6. The summed E-state index contributed by atoms with van der Waals surface area (Å²) in [6, 6.07) is 0. The molecule has 7 nitrogen and oxygen atoms in total. The Morgan fingerprint density at radius 1 is 1.38 bits per heavy atom. The van der Waals surface area contributed by atoms with Crippen molar-refractivity contribution in [3.05, 3.63) is 0 Å². The summed E-state index contributed by atoms with van der Waals surface area (Å²) in [5.74, 6) is 0. The lowest BCUT2D eigenvalue weighted by Crippen LogP contribution is -2.50. The molecule has 0 unspecified atom stereocenters. The summed E-state index contributed by atoms with van der Waals surface area (Å²) >= 11 is 0. The maximum absolute atomic E-state index is 12.0. The highest BCUT2D eigenvalue weighted by Crippen LogP contribution is 2.33. The molecule has 120 valence electrons. The fourth-order valence-corrected chi connectivity index (χ4v) is 2.70. The second-order valence-electron chi connectivity index (χ2n) is 6.73. The van der Waals surface area contributed by atoms with E-state index >= 15 is 0 Å². The lowest BCUT2D eigenvalue weighted by atomic mass is 9.91. The van der Waals surface area contributed by atoms with Crippen molar-refractivity contribution in [2.45, 2.75) is 44.8 Å². The van der Waals surface area contributed by atoms with E-state index in [-0.39, 0.29) is 12.2 Å². The fraction of sp³-hybridized carbons (Fsp3) is 0.857. The van der Waals surface area contributed by atoms with Gasteiger partial charge in [-0.15, -0.1) is 0 Å². The Morgan fingerprint density at radius 2 is 2.00 bits per heavy atom. The molecule has 1 spiro atoms. The molecule has 0 aromatic rings. The van der Waals surface area contributed by atoms with E-state index < -0.39 is 11.2 Å². The van der Waals surface area contributed by atoms with Gasteiger partial charge >= 0.3 is 12.2 Å². The van der Waals surface area contributed by atoms with E-state index in [9.17, 15) is 9.59 Å². The third-order valence-corrected chi connectivity index (χ3v) is 3.77. The lowest BCUT2D eigenvalue weighted by Gasteiger charge is -2.37. The molecule has 0 bridgehead atoms. The zero-order valence-corrected chi connectivity index (χ0v) is 13.1. The van der Waals surface area contributed by atoms with Gasteiger partial charge in [-0.1, -0.05) is 0 Å². The van der Waals surface area contributed by atoms with E-state index in [2.05, 4.69) is 0 Å². The van der Waals surface area contributed by atoms with Gasteiger partial charge in [0, 0.05) is 39.0 Å². The smallest absolute Gasteiger partial charge is 0.410 e. The Hall–Kier alpha value is -1.50. The molecule has 7 heteroatoms. The average molecular weight is 299 g/mol. The monoisotopic (exact) mass is 299 g/mol. The molecule has 0 aromatic heterocycles. The molecular weight excluding hydrogens is 274 g/mol. The average Bonchev–Trinajstić information content (AvgIpc) is 2.65. The predicted molar refractivity (Wildman–Crippen MR) is 76.9 cm³/mol. The molecule has 2 N–H and O–H groups in total. The Morgan fingerprint density at radius 3 is 2.52 bits per heavy atom. The van der Waals surface area contributed by atoms with Crippen molar-refractivity contribution in [1.82, 2.24) is 9.80 Å². The molecule has 2 aliphatic heterocycles. The number of piperidine rings is 1. The Bertz CT molecular complexity index is 411. The van der Waals surface area contributed by atoms with Gasteiger partial charge in [0.25, 0.3) is 0 Å². The van der Waals surface area contributed by atoms with Gasteiger partial charge in [-0.25, -0.2) is 9.59 Å². The number of hydrogen-bond acceptors (Lipinski definition) is 5. The van der Waals surface area contributed by atoms with Crippen LogP contribution in [0.25, 0.3) is 0 Å². The van der Waals surface area contributed by atoms with Crippen LogP contribution in [0.3, 0.4) is 0 Å². The van der Waals surface area contributed by atoms with Gasteiger partial charge in [0.2, 0.25) is 0 Å². The summed E-state index contributed by atoms with van der Waals surface area (Å²) in [6.45, 7) is 8.12. The number of nitrogens with zero attached hydrogens (tertiary/aromatic N) is 2. The van der Waals surface area contributed by atoms with Crippen LogP contribution in [0.2, 0.25) is 0 Å². The zero-order chi connectivity index (χ0) is 15.7. The van der Waals surface area contributed by atoms with Crippen LogP contribution < -0.4 is 5.73 Å². The minimum Gasteiger partial charge on any atom is -0.444 e. The molecule has 0 aromatic carbocycles. The van der Waals surface area contributed by atoms with Crippen molar-refractivity contribution in [3.8, 4) is 0 Å². The molecular formula is C14H25N3O4. The van der Waals surface area contributed by atoms with Crippen LogP contribution in [-0.4, -0.2) is 65.9 Å². The number of hydrogen-bond donors (Lipinski definition) is 1. The summed E-state index contributed by atoms with van der Waals surface area (Å²) in [6.07, 6.45) is 0.671. The van der Waals surface area contributed by atoms with E-state index in [0.717, 1.165) is 0 Å². The minimum absolute atomic E-state index is 0.300. The summed E-state index contributed by atoms with van der Waals surface area (Å²) in [5, 5.41) is 0. The number of amides is 2. The first-order valence-electron chi connectivity index (χ1n) is 7.41. The molecule has 2 fully saturated rings. The van der Waals surface area contributed by atoms with Crippen LogP contribution in [-0.2, 0) is 9.47 Å². The highest BCUT2D eigenvalue weighted by atomic mass is 16.6. The topological polar surface area (TPSA) is 85.1 Å². The summed E-state index contributed by atoms with van der Waals surface area (Å²) < 4.78 is 10.9. The summed E-state index contributed by atoms with van der Waals surface area (Å²) in [7, 11) is 0. The van der Waals surface area contributed by atoms with Crippen molar-refractivity contribution in [2.24, 2.45) is 5.73 Å². The fourth-order valence-electron chi connectivity index (χ4n) is 2.70. The van der Waals surface area contributed by atoms with Crippen LogP contribution in [0.1, 0.15) is 33.6 Å². The van der Waals surface area contributed by atoms with E-state index in [1.807, 2.05) is 20.8 Å². The Labute approximate surface area is 125 Å². The standard InChI is InChI=1S/C14H25N3O4/c1-13(2,3)20-11(18)16-7-4-14(5-8-16)10-17(9-6-15)12(19)21-14/h4-10,15H2,1-3H3. The first-order chi connectivity index (χ1) is 9.75. The van der Waals surface area contributed by atoms with Gasteiger partial charge in [-0.2, -0.15) is 0 Å². The minimum atomic E-state index is -0.496. The van der Waals surface area contributed by atoms with Crippen molar-refractivity contribution >= 4 is 12.2 Å². The lowest BCUT2D eigenvalue weighted by molar-refractivity contribution is -0.0170. The van der Waals surface area contributed by atoms with E-state index in [0.29, 0.717) is 45.6 Å². The quantitative estimate of drug-likeness (QED) is 0.827. The highest BCUT2D eigenvalue weighted by molar-refractivity contribution is 5.71. The third-order valence-electron chi connectivity index (χ3n) is 3.77. The van der Waals surface area contributed by atoms with E-state index in [4.69, 9.17) is 15.2 Å². The molecule has 0 saturated carbocycles. The van der Waals surface area contributed by atoms with Crippen molar-refractivity contribution in [2.75, 3.05) is 32.7 Å². The predicted octanol–water partition coefficient (Wildman–Crippen LogP) is 1.17. The van der Waals surface area contributed by atoms with Crippen LogP contribution in [0.5, 0.6) is 0 Å². The Kier molecular flexibility index (Phi) is 4.32. The SMILES string of the molecule is CC(C)(C)OC(=O)N1CCC2(CC1)CN(CCN)C(=O)O2. The number of likely N-dealkylation sites (tertiary alicyclic amines) is 1. The van der Waals surface area contributed by atoms with Gasteiger partial charge in [-0.05, 0) is 20.8 Å². The molecule has 21 heavy (non-hydrogen) atoms. The maximum Gasteiger partial charge on any atom is 0.410 e. The second kappa shape index (κ2) is 5.71. The van der Waals surface area contributed by atoms with Crippen molar-refractivity contribution in [1.29, 1.82) is 0 Å². The molecule has 2 amide bonds. The van der Waals surface area contributed by atoms with Gasteiger partial charge in [-0.3, -0.25) is 0 Å². The molecule has 2 saturated heterocycles. The molecule has 0 radical (unpaired) electrons. The number of nitrogens with two attached hydrogens (primary N) is 1. The summed E-state index contributed by atoms with van der Waals surface area (Å²) in [4.78, 5) is 27.1. The molecule has 2 heterocycles. The van der Waals surface area contributed by atoms with Gasteiger partial charge in [0.15, 0.2) is 0 Å². The maximum atomic E-state index is 12.0. The van der Waals surface area contributed by atoms with Crippen molar-refractivity contribution in [3.63, 3.8) is 0 Å². The van der Waals surface area contributed by atoms with E-state index in [1.54, 1.807) is 9.80 Å². The molecule has 0 atom stereocenters. The second-order valence-corrected chi connectivity index (χ2v) is 6.73. The molecule has 0 aliphatic carbocycles. The van der Waals surface area contributed by atoms with Gasteiger partial charge in [0.1, 0.15) is 11.2 Å². The number of ether oxygens (including phenoxy) is 2. The number of rotatable bonds is 2. The first-order valence-corrected chi connectivity index (χ1v) is 7.41. The Balaban J connectivity index is 1.89. The molecule has 2 aliphatic rings. The number of carbonyl (C=O) groups is 2. The van der Waals surface area contributed by atoms with Gasteiger partial charge in [0.05, 0.1) is 6.54 Å². The van der Waals surface area contributed by atoms with Gasteiger partial charge < -0.3 is 25.0 Å². The van der Waals surface area contributed by atoms with Crippen LogP contribution in [0.15, 0.2) is 0 Å². The van der Waals surface area contributed by atoms with Crippen LogP contribution in [0.4, 0.5) is 9.59 Å². The third kappa shape index (κ3) is 3.78. The van der Waals surface area contributed by atoms with Crippen LogP contribution in [0, 0.1) is 0 Å². The van der Waals surface area contributed by atoms with E-state index in [1.165, 1.54) is 0 Å². The highest BCUT2D eigenvalue weighted by Gasteiger charge is 2.47.